The van der Waals surface area contributed by atoms with E-state index in [0.717, 1.165) is 16.8 Å². The van der Waals surface area contributed by atoms with E-state index in [4.69, 9.17) is 0 Å². The molecule has 6 heteroatoms. The normalized spacial score (nSPS) is 11.0. The van der Waals surface area contributed by atoms with E-state index in [1.807, 2.05) is 66.1 Å². The van der Waals surface area contributed by atoms with Gasteiger partial charge in [0.05, 0.1) is 0 Å². The van der Waals surface area contributed by atoms with Gasteiger partial charge in [0.2, 0.25) is 0 Å². The van der Waals surface area contributed by atoms with Gasteiger partial charge in [0, 0.05) is 22.6 Å². The molecule has 1 heterocycles. The van der Waals surface area contributed by atoms with Crippen molar-refractivity contribution in [3.8, 4) is 17.1 Å². The van der Waals surface area contributed by atoms with Crippen LogP contribution in [0.4, 0.5) is 8.78 Å². The molecule has 4 aromatic rings. The molecular weight excluding hydrogens is 376 g/mol. The van der Waals surface area contributed by atoms with Crippen LogP contribution in [0.3, 0.4) is 0 Å². The fourth-order valence-electron chi connectivity index (χ4n) is 2.95. The molecule has 4 rings (SSSR count). The van der Waals surface area contributed by atoms with Crippen LogP contribution in [0.2, 0.25) is 0 Å². The summed E-state index contributed by atoms with van der Waals surface area (Å²) >= 11 is 1.25. The van der Waals surface area contributed by atoms with Crippen molar-refractivity contribution in [1.82, 2.24) is 14.8 Å². The van der Waals surface area contributed by atoms with Gasteiger partial charge in [-0.2, -0.15) is 0 Å². The van der Waals surface area contributed by atoms with Crippen molar-refractivity contribution in [2.75, 3.05) is 0 Å². The van der Waals surface area contributed by atoms with E-state index in [2.05, 4.69) is 10.2 Å². The van der Waals surface area contributed by atoms with E-state index in [9.17, 15) is 8.78 Å². The van der Waals surface area contributed by atoms with Gasteiger partial charge < -0.3 is 0 Å². The van der Waals surface area contributed by atoms with Gasteiger partial charge in [0.15, 0.2) is 11.0 Å². The summed E-state index contributed by atoms with van der Waals surface area (Å²) in [6.45, 7) is 2.02. The van der Waals surface area contributed by atoms with Crippen LogP contribution >= 0.6 is 11.8 Å². The molecule has 3 aromatic carbocycles. The van der Waals surface area contributed by atoms with E-state index >= 15 is 0 Å². The molecule has 0 fully saturated rings. The fourth-order valence-corrected chi connectivity index (χ4v) is 3.92. The lowest BCUT2D eigenvalue weighted by molar-refractivity contribution is 0.566. The first-order valence-electron chi connectivity index (χ1n) is 8.77. The Morgan fingerprint density at radius 2 is 1.57 bits per heavy atom. The molecule has 28 heavy (non-hydrogen) atoms. The van der Waals surface area contributed by atoms with Crippen LogP contribution in [-0.4, -0.2) is 14.8 Å². The van der Waals surface area contributed by atoms with Gasteiger partial charge in [0.25, 0.3) is 0 Å². The third-order valence-corrected chi connectivity index (χ3v) is 5.29. The summed E-state index contributed by atoms with van der Waals surface area (Å²) in [5, 5.41) is 9.24. The highest BCUT2D eigenvalue weighted by molar-refractivity contribution is 7.98. The van der Waals surface area contributed by atoms with E-state index in [0.29, 0.717) is 11.0 Å². The Hall–Kier alpha value is -2.99. The molecule has 0 bridgehead atoms. The largest absolute Gasteiger partial charge is 0.270 e. The number of aryl methyl sites for hydroxylation is 1. The van der Waals surface area contributed by atoms with Gasteiger partial charge in [-0.3, -0.25) is 4.57 Å². The molecular formula is C22H17F2N3S. The van der Waals surface area contributed by atoms with Crippen LogP contribution in [0.25, 0.3) is 17.1 Å². The van der Waals surface area contributed by atoms with Gasteiger partial charge in [-0.15, -0.1) is 10.2 Å². The van der Waals surface area contributed by atoms with E-state index < -0.39 is 11.6 Å². The number of halogens is 2. The molecule has 1 aromatic heterocycles. The second kappa shape index (κ2) is 7.94. The monoisotopic (exact) mass is 393 g/mol. The molecule has 0 aliphatic rings. The average Bonchev–Trinajstić information content (AvgIpc) is 3.12. The smallest absolute Gasteiger partial charge is 0.196 e. The summed E-state index contributed by atoms with van der Waals surface area (Å²) in [7, 11) is 0. The minimum absolute atomic E-state index is 0.0345. The molecule has 0 radical (unpaired) electrons. The number of aromatic nitrogens is 3. The van der Waals surface area contributed by atoms with E-state index in [1.165, 1.54) is 30.0 Å². The first-order valence-corrected chi connectivity index (χ1v) is 9.75. The maximum Gasteiger partial charge on any atom is 0.196 e. The van der Waals surface area contributed by atoms with Crippen molar-refractivity contribution in [3.05, 3.63) is 95.6 Å². The van der Waals surface area contributed by atoms with Crippen LogP contribution in [0, 0.1) is 18.6 Å². The Labute approximate surface area is 166 Å². The number of hydrogen-bond donors (Lipinski definition) is 0. The second-order valence-electron chi connectivity index (χ2n) is 6.34. The van der Waals surface area contributed by atoms with Crippen LogP contribution in [0.5, 0.6) is 0 Å². The Morgan fingerprint density at radius 3 is 2.29 bits per heavy atom. The molecule has 140 valence electrons. The molecule has 0 unspecified atom stereocenters. The molecule has 0 spiro atoms. The van der Waals surface area contributed by atoms with Crippen molar-refractivity contribution in [2.45, 2.75) is 17.8 Å². The molecule has 0 atom stereocenters. The van der Waals surface area contributed by atoms with Crippen LogP contribution in [0.1, 0.15) is 11.1 Å². The van der Waals surface area contributed by atoms with Gasteiger partial charge >= 0.3 is 0 Å². The first kappa shape index (κ1) is 18.4. The molecule has 0 aliphatic carbocycles. The first-order chi connectivity index (χ1) is 13.6. The van der Waals surface area contributed by atoms with Crippen molar-refractivity contribution in [2.24, 2.45) is 0 Å². The Kier molecular flexibility index (Phi) is 5.21. The van der Waals surface area contributed by atoms with Crippen molar-refractivity contribution >= 4 is 11.8 Å². The molecule has 0 saturated carbocycles. The Bertz CT molecular complexity index is 1090. The lowest BCUT2D eigenvalue weighted by atomic mass is 10.1. The SMILES string of the molecule is Cc1cccc(-c2nnc(SCc3c(F)cccc3F)n2-c2ccccc2)c1. The van der Waals surface area contributed by atoms with Gasteiger partial charge in [-0.05, 0) is 37.3 Å². The maximum atomic E-state index is 14.0. The highest BCUT2D eigenvalue weighted by atomic mass is 32.2. The summed E-state index contributed by atoms with van der Waals surface area (Å²) in [5.41, 5.74) is 2.97. The number of thioether (sulfide) groups is 1. The van der Waals surface area contributed by atoms with E-state index in [-0.39, 0.29) is 11.3 Å². The van der Waals surface area contributed by atoms with Crippen molar-refractivity contribution < 1.29 is 8.78 Å². The van der Waals surface area contributed by atoms with E-state index in [1.54, 1.807) is 0 Å². The average molecular weight is 393 g/mol. The zero-order chi connectivity index (χ0) is 19.5. The second-order valence-corrected chi connectivity index (χ2v) is 7.28. The summed E-state index contributed by atoms with van der Waals surface area (Å²) in [4.78, 5) is 0. The lowest BCUT2D eigenvalue weighted by Crippen LogP contribution is -2.00. The highest BCUT2D eigenvalue weighted by Crippen LogP contribution is 2.31. The Balaban J connectivity index is 1.76. The number of benzene rings is 3. The number of rotatable bonds is 5. The van der Waals surface area contributed by atoms with Crippen LogP contribution < -0.4 is 0 Å². The topological polar surface area (TPSA) is 30.7 Å². The van der Waals surface area contributed by atoms with Crippen LogP contribution in [-0.2, 0) is 5.75 Å². The van der Waals surface area contributed by atoms with Gasteiger partial charge in [0.1, 0.15) is 11.6 Å². The highest BCUT2D eigenvalue weighted by Gasteiger charge is 2.18. The standard InChI is InChI=1S/C22H17F2N3S/c1-15-7-5-8-16(13-15)21-25-26-22(27(21)17-9-3-2-4-10-17)28-14-18-19(23)11-6-12-20(18)24/h2-13H,14H2,1H3. The quantitative estimate of drug-likeness (QED) is 0.401. The summed E-state index contributed by atoms with van der Waals surface area (Å²) < 4.78 is 29.9. The van der Waals surface area contributed by atoms with Gasteiger partial charge in [-0.1, -0.05) is 59.8 Å². The lowest BCUT2D eigenvalue weighted by Gasteiger charge is -2.11. The zero-order valence-corrected chi connectivity index (χ0v) is 16.0. The molecule has 0 amide bonds. The molecule has 3 nitrogen and oxygen atoms in total. The van der Waals surface area contributed by atoms with Crippen molar-refractivity contribution in [1.29, 1.82) is 0 Å². The predicted molar refractivity (Wildman–Crippen MR) is 107 cm³/mol. The summed E-state index contributed by atoms with van der Waals surface area (Å²) in [6, 6.07) is 21.6. The van der Waals surface area contributed by atoms with Crippen molar-refractivity contribution in [3.63, 3.8) is 0 Å². The maximum absolute atomic E-state index is 14.0. The number of hydrogen-bond acceptors (Lipinski definition) is 3. The third-order valence-electron chi connectivity index (χ3n) is 4.33. The fraction of sp³-hybridized carbons (Fsp3) is 0.0909. The summed E-state index contributed by atoms with van der Waals surface area (Å²) in [5.74, 6) is -0.308. The summed E-state index contributed by atoms with van der Waals surface area (Å²) in [6.07, 6.45) is 0. The third kappa shape index (κ3) is 3.68. The minimum Gasteiger partial charge on any atom is -0.270 e. The Morgan fingerprint density at radius 1 is 0.857 bits per heavy atom. The zero-order valence-electron chi connectivity index (χ0n) is 15.1. The molecule has 0 N–H and O–H groups in total. The van der Waals surface area contributed by atoms with Crippen LogP contribution in [0.15, 0.2) is 78.0 Å². The molecule has 0 saturated heterocycles. The number of para-hydroxylation sites is 1. The predicted octanol–water partition coefficient (Wildman–Crippen LogP) is 5.81. The minimum atomic E-state index is -0.558. The van der Waals surface area contributed by atoms with Gasteiger partial charge in [-0.25, -0.2) is 8.78 Å². The number of nitrogens with zero attached hydrogens (tertiary/aromatic N) is 3. The molecule has 0 aliphatic heterocycles.